The highest BCUT2D eigenvalue weighted by Gasteiger charge is 2.30. The maximum absolute atomic E-state index is 12.4. The van der Waals surface area contributed by atoms with Crippen LogP contribution in [0.3, 0.4) is 0 Å². The molecule has 3 N–H and O–H groups in total. The summed E-state index contributed by atoms with van der Waals surface area (Å²) in [7, 11) is -3.09. The third kappa shape index (κ3) is 8.31. The Kier molecular flexibility index (Phi) is 8.95. The van der Waals surface area contributed by atoms with E-state index in [1.807, 2.05) is 12.1 Å². The molecule has 1 heterocycles. The lowest BCUT2D eigenvalue weighted by Crippen LogP contribution is -2.37. The van der Waals surface area contributed by atoms with Gasteiger partial charge in [0.05, 0.1) is 17.4 Å². The summed E-state index contributed by atoms with van der Waals surface area (Å²) in [6, 6.07) is 16.3. The van der Waals surface area contributed by atoms with Crippen molar-refractivity contribution in [3.8, 4) is 11.1 Å². The molecule has 0 fully saturated rings. The molecule has 0 unspecified atom stereocenters. The zero-order valence-corrected chi connectivity index (χ0v) is 20.9. The zero-order valence-electron chi connectivity index (χ0n) is 20.0. The molecule has 0 aliphatic carbocycles. The summed E-state index contributed by atoms with van der Waals surface area (Å²) in [4.78, 5) is 13.3. The van der Waals surface area contributed by atoms with Gasteiger partial charge in [-0.05, 0) is 46.9 Å². The smallest absolute Gasteiger partial charge is 0.416 e. The highest BCUT2D eigenvalue weighted by Crippen LogP contribution is 2.31. The minimum Gasteiger partial charge on any atom is -0.699 e. The Morgan fingerprint density at radius 2 is 1.73 bits per heavy atom. The number of aromatic carboxylic acids is 1. The second-order valence-electron chi connectivity index (χ2n) is 8.60. The van der Waals surface area contributed by atoms with E-state index in [2.05, 4.69) is 9.62 Å². The van der Waals surface area contributed by atoms with Crippen molar-refractivity contribution in [1.82, 2.24) is 9.62 Å². The van der Waals surface area contributed by atoms with Gasteiger partial charge in [-0.25, -0.2) is 17.9 Å². The Bertz CT molecular complexity index is 1340. The van der Waals surface area contributed by atoms with Gasteiger partial charge >= 0.3 is 12.1 Å². The van der Waals surface area contributed by atoms with Gasteiger partial charge in [0.25, 0.3) is 0 Å². The molecule has 198 valence electrons. The normalized spacial score (nSPS) is 13.8. The third-order valence-electron chi connectivity index (χ3n) is 5.77. The standard InChI is InChI=1S/C14H9F3O2.C12H18N3O2S/c15-14(16,17)10-7-5-9(6-8-10)11-3-1-2-4-12(11)13(18)19;1-18(16,17)14-5-7-15-6-4-10-8-12(13)3-2-11(10)9-15/h1-8H,(H,18,19);2-3,8,13-14H,4-7,9H2,1H3/q;-1. The molecule has 37 heavy (non-hydrogen) atoms. The van der Waals surface area contributed by atoms with E-state index in [1.165, 1.54) is 35.6 Å². The number of nitrogens with zero attached hydrogens (tertiary/aromatic N) is 1. The second kappa shape index (κ2) is 11.8. The van der Waals surface area contributed by atoms with Crippen LogP contribution in [0.4, 0.5) is 18.9 Å². The van der Waals surface area contributed by atoms with E-state index < -0.39 is 27.7 Å². The number of halogens is 3. The fraction of sp³-hybridized carbons (Fsp3) is 0.269. The summed E-state index contributed by atoms with van der Waals surface area (Å²) in [5.74, 6) is -1.12. The van der Waals surface area contributed by atoms with Crippen LogP contribution in [0.2, 0.25) is 0 Å². The SMILES string of the molecule is CS(=O)(=O)NCCN1CCc2cc([NH-])ccc2C1.O=C(O)c1ccccc1-c1ccc(C(F)(F)F)cc1. The van der Waals surface area contributed by atoms with E-state index in [9.17, 15) is 26.4 Å². The van der Waals surface area contributed by atoms with Crippen LogP contribution in [0.25, 0.3) is 16.9 Å². The summed E-state index contributed by atoms with van der Waals surface area (Å²) in [5.41, 5.74) is 10.7. The van der Waals surface area contributed by atoms with Gasteiger partial charge in [0.15, 0.2) is 0 Å². The number of hydrogen-bond donors (Lipinski definition) is 2. The number of carboxylic acid groups (broad SMARTS) is 1. The van der Waals surface area contributed by atoms with Crippen molar-refractivity contribution in [1.29, 1.82) is 0 Å². The van der Waals surface area contributed by atoms with Crippen molar-refractivity contribution >= 4 is 21.7 Å². The molecule has 0 aromatic heterocycles. The average Bonchev–Trinajstić information content (AvgIpc) is 2.83. The van der Waals surface area contributed by atoms with Gasteiger partial charge in [0, 0.05) is 26.2 Å². The first kappa shape index (κ1) is 28.2. The van der Waals surface area contributed by atoms with Crippen molar-refractivity contribution in [3.63, 3.8) is 0 Å². The summed E-state index contributed by atoms with van der Waals surface area (Å²) in [5, 5.41) is 9.03. The van der Waals surface area contributed by atoms with Gasteiger partial charge in [0.2, 0.25) is 10.0 Å². The monoisotopic (exact) mass is 534 g/mol. The number of nitrogens with one attached hydrogen (secondary N) is 2. The fourth-order valence-electron chi connectivity index (χ4n) is 3.95. The van der Waals surface area contributed by atoms with E-state index >= 15 is 0 Å². The van der Waals surface area contributed by atoms with Gasteiger partial charge in [0.1, 0.15) is 0 Å². The molecule has 0 radical (unpaired) electrons. The Hall–Kier alpha value is -3.41. The summed E-state index contributed by atoms with van der Waals surface area (Å²) in [6.45, 7) is 2.92. The minimum atomic E-state index is -4.40. The molecule has 0 bridgehead atoms. The van der Waals surface area contributed by atoms with Crippen LogP contribution in [0.1, 0.15) is 27.0 Å². The highest BCUT2D eigenvalue weighted by atomic mass is 32.2. The van der Waals surface area contributed by atoms with E-state index in [4.69, 9.17) is 10.8 Å². The van der Waals surface area contributed by atoms with Crippen molar-refractivity contribution in [2.75, 3.05) is 25.9 Å². The van der Waals surface area contributed by atoms with Crippen LogP contribution in [0.5, 0.6) is 0 Å². The van der Waals surface area contributed by atoms with E-state index in [0.29, 0.717) is 23.4 Å². The summed E-state index contributed by atoms with van der Waals surface area (Å²) >= 11 is 0. The van der Waals surface area contributed by atoms with Gasteiger partial charge in [-0.1, -0.05) is 48.5 Å². The molecule has 7 nitrogen and oxygen atoms in total. The van der Waals surface area contributed by atoms with Crippen molar-refractivity contribution in [2.24, 2.45) is 0 Å². The molecule has 4 rings (SSSR count). The molecule has 0 saturated heterocycles. The van der Waals surface area contributed by atoms with Crippen molar-refractivity contribution in [3.05, 3.63) is 94.7 Å². The fourth-order valence-corrected chi connectivity index (χ4v) is 4.41. The predicted octanol–water partition coefficient (Wildman–Crippen LogP) is 5.35. The Morgan fingerprint density at radius 1 is 1.05 bits per heavy atom. The number of benzene rings is 3. The molecule has 3 aromatic carbocycles. The summed E-state index contributed by atoms with van der Waals surface area (Å²) < 4.78 is 61.7. The second-order valence-corrected chi connectivity index (χ2v) is 10.4. The number of hydrogen-bond acceptors (Lipinski definition) is 4. The lowest BCUT2D eigenvalue weighted by atomic mass is 9.99. The van der Waals surface area contributed by atoms with Crippen LogP contribution in [-0.2, 0) is 29.2 Å². The number of sulfonamides is 1. The Morgan fingerprint density at radius 3 is 2.35 bits per heavy atom. The van der Waals surface area contributed by atoms with E-state index in [-0.39, 0.29) is 5.56 Å². The maximum atomic E-state index is 12.4. The molecule has 0 atom stereocenters. The molecule has 1 aliphatic heterocycles. The van der Waals surface area contributed by atoms with Crippen LogP contribution >= 0.6 is 0 Å². The quantitative estimate of drug-likeness (QED) is 0.443. The van der Waals surface area contributed by atoms with Crippen molar-refractivity contribution in [2.45, 2.75) is 19.1 Å². The Balaban J connectivity index is 0.000000206. The number of rotatable bonds is 6. The molecular weight excluding hydrogens is 507 g/mol. The molecule has 3 aromatic rings. The molecule has 0 amide bonds. The Labute approximate surface area is 213 Å². The molecule has 11 heteroatoms. The van der Waals surface area contributed by atoms with E-state index in [1.54, 1.807) is 24.3 Å². The minimum absolute atomic E-state index is 0.0576. The largest absolute Gasteiger partial charge is 0.699 e. The predicted molar refractivity (Wildman–Crippen MR) is 136 cm³/mol. The van der Waals surface area contributed by atoms with Gasteiger partial charge in [-0.3, -0.25) is 4.90 Å². The molecule has 1 aliphatic rings. The number of alkyl halides is 3. The third-order valence-corrected chi connectivity index (χ3v) is 6.50. The maximum Gasteiger partial charge on any atom is 0.416 e. The molecular formula is C26H27F3N3O4S-. The van der Waals surface area contributed by atoms with Gasteiger partial charge in [-0.2, -0.15) is 13.2 Å². The lowest BCUT2D eigenvalue weighted by Gasteiger charge is -2.29. The van der Waals surface area contributed by atoms with Crippen molar-refractivity contribution < 1.29 is 31.5 Å². The first-order valence-corrected chi connectivity index (χ1v) is 13.2. The van der Waals surface area contributed by atoms with Crippen LogP contribution < -0.4 is 4.72 Å². The first-order chi connectivity index (χ1) is 17.3. The summed E-state index contributed by atoms with van der Waals surface area (Å²) in [6.07, 6.45) is -2.29. The topological polar surface area (TPSA) is 111 Å². The molecule has 0 saturated carbocycles. The number of carboxylic acids is 1. The first-order valence-electron chi connectivity index (χ1n) is 11.3. The zero-order chi connectivity index (χ0) is 27.2. The van der Waals surface area contributed by atoms with Crippen LogP contribution in [0.15, 0.2) is 66.7 Å². The number of carbonyl (C=O) groups is 1. The number of fused-ring (bicyclic) bond motifs is 1. The average molecular weight is 535 g/mol. The highest BCUT2D eigenvalue weighted by molar-refractivity contribution is 7.88. The van der Waals surface area contributed by atoms with E-state index in [0.717, 1.165) is 38.2 Å². The van der Waals surface area contributed by atoms with Gasteiger partial charge in [-0.15, -0.1) is 5.69 Å². The van der Waals surface area contributed by atoms with Crippen LogP contribution in [0, 0.1) is 0 Å². The van der Waals surface area contributed by atoms with Crippen LogP contribution in [-0.4, -0.2) is 50.3 Å². The van der Waals surface area contributed by atoms with Gasteiger partial charge < -0.3 is 10.8 Å². The lowest BCUT2D eigenvalue weighted by molar-refractivity contribution is -0.137. The molecule has 0 spiro atoms.